The molecule has 0 aromatic carbocycles. The van der Waals surface area contributed by atoms with Gasteiger partial charge in [-0.3, -0.25) is 4.79 Å². The van der Waals surface area contributed by atoms with Crippen LogP contribution in [0.3, 0.4) is 0 Å². The van der Waals surface area contributed by atoms with Crippen molar-refractivity contribution in [2.24, 2.45) is 5.92 Å². The van der Waals surface area contributed by atoms with Crippen LogP contribution < -0.4 is 0 Å². The number of carbonyl (C=O) groups is 1. The lowest BCUT2D eigenvalue weighted by Crippen LogP contribution is -2.06. The Labute approximate surface area is 67.9 Å². The Morgan fingerprint density at radius 1 is 1.64 bits per heavy atom. The van der Waals surface area contributed by atoms with Gasteiger partial charge in [0.15, 0.2) is 0 Å². The first-order valence-corrected chi connectivity index (χ1v) is 4.44. The van der Waals surface area contributed by atoms with Gasteiger partial charge < -0.3 is 4.74 Å². The van der Waals surface area contributed by atoms with E-state index in [2.05, 4.69) is 6.92 Å². The monoisotopic (exact) mass is 156 g/mol. The maximum Gasteiger partial charge on any atom is 0.309 e. The molecule has 0 aromatic rings. The van der Waals surface area contributed by atoms with Crippen molar-refractivity contribution in [2.45, 2.75) is 45.6 Å². The molecule has 1 unspecified atom stereocenters. The smallest absolute Gasteiger partial charge is 0.309 e. The molecule has 64 valence electrons. The van der Waals surface area contributed by atoms with Crippen LogP contribution in [0.1, 0.15) is 39.5 Å². The molecule has 0 bridgehead atoms. The largest absolute Gasteiger partial charge is 0.462 e. The molecule has 1 saturated heterocycles. The number of hydrogen-bond acceptors (Lipinski definition) is 2. The van der Waals surface area contributed by atoms with Gasteiger partial charge in [-0.2, -0.15) is 0 Å². The Morgan fingerprint density at radius 3 is 2.82 bits per heavy atom. The average molecular weight is 156 g/mol. The molecule has 0 amide bonds. The Kier molecular flexibility index (Phi) is 2.92. The number of unbranched alkanes of at least 4 members (excludes halogenated alkanes) is 1. The van der Waals surface area contributed by atoms with Crippen LogP contribution in [0.25, 0.3) is 0 Å². The maximum atomic E-state index is 11.1. The fourth-order valence-electron chi connectivity index (χ4n) is 1.53. The summed E-state index contributed by atoms with van der Waals surface area (Å²) >= 11 is 0. The van der Waals surface area contributed by atoms with Crippen molar-refractivity contribution >= 4 is 5.97 Å². The third kappa shape index (κ3) is 2.21. The number of cyclic esters (lactones) is 1. The minimum absolute atomic E-state index is 0.0194. The number of esters is 1. The molecule has 1 aliphatic rings. The van der Waals surface area contributed by atoms with Gasteiger partial charge in [0, 0.05) is 0 Å². The summed E-state index contributed by atoms with van der Waals surface area (Å²) in [7, 11) is 0. The summed E-state index contributed by atoms with van der Waals surface area (Å²) < 4.78 is 5.03. The van der Waals surface area contributed by atoms with Crippen LogP contribution in [0, 0.1) is 5.92 Å². The molecule has 11 heavy (non-hydrogen) atoms. The van der Waals surface area contributed by atoms with Gasteiger partial charge in [0.2, 0.25) is 0 Å². The quantitative estimate of drug-likeness (QED) is 0.585. The Balaban J connectivity index is 2.29. The minimum Gasteiger partial charge on any atom is -0.462 e. The van der Waals surface area contributed by atoms with Crippen molar-refractivity contribution in [2.75, 3.05) is 0 Å². The molecule has 0 N–H and O–H groups in total. The maximum absolute atomic E-state index is 11.1. The van der Waals surface area contributed by atoms with Gasteiger partial charge in [-0.15, -0.1) is 0 Å². The van der Waals surface area contributed by atoms with Gasteiger partial charge >= 0.3 is 5.97 Å². The van der Waals surface area contributed by atoms with E-state index in [0.717, 1.165) is 25.7 Å². The first-order chi connectivity index (χ1) is 5.24. The van der Waals surface area contributed by atoms with Gasteiger partial charge in [-0.1, -0.05) is 19.8 Å². The van der Waals surface area contributed by atoms with Crippen LogP contribution in [0.4, 0.5) is 0 Å². The summed E-state index contributed by atoms with van der Waals surface area (Å²) in [5.74, 6) is 0.218. The van der Waals surface area contributed by atoms with E-state index in [0.29, 0.717) is 0 Å². The number of ether oxygens (including phenoxy) is 1. The summed E-state index contributed by atoms with van der Waals surface area (Å²) in [5.41, 5.74) is 0. The summed E-state index contributed by atoms with van der Waals surface area (Å²) in [6.45, 7) is 4.10. The van der Waals surface area contributed by atoms with Crippen molar-refractivity contribution in [1.82, 2.24) is 0 Å². The SMILES string of the molecule is CCCC[C@@H]1CC(C)OC1=O. The van der Waals surface area contributed by atoms with Crippen molar-refractivity contribution in [1.29, 1.82) is 0 Å². The van der Waals surface area contributed by atoms with Gasteiger partial charge in [0.25, 0.3) is 0 Å². The van der Waals surface area contributed by atoms with E-state index in [4.69, 9.17) is 4.74 Å². The third-order valence-electron chi connectivity index (χ3n) is 2.17. The van der Waals surface area contributed by atoms with Crippen LogP contribution in [-0.2, 0) is 9.53 Å². The normalized spacial score (nSPS) is 30.5. The molecule has 2 heteroatoms. The van der Waals surface area contributed by atoms with Gasteiger partial charge in [0.05, 0.1) is 12.0 Å². The van der Waals surface area contributed by atoms with Crippen molar-refractivity contribution < 1.29 is 9.53 Å². The second-order valence-corrected chi connectivity index (χ2v) is 3.32. The predicted octanol–water partition coefficient (Wildman–Crippen LogP) is 2.13. The lowest BCUT2D eigenvalue weighted by molar-refractivity contribution is -0.143. The van der Waals surface area contributed by atoms with Crippen LogP contribution in [0.2, 0.25) is 0 Å². The summed E-state index contributed by atoms with van der Waals surface area (Å²) in [6, 6.07) is 0. The van der Waals surface area contributed by atoms with Crippen LogP contribution in [0.5, 0.6) is 0 Å². The Hall–Kier alpha value is -0.530. The lowest BCUT2D eigenvalue weighted by Gasteiger charge is -2.01. The van der Waals surface area contributed by atoms with E-state index in [1.165, 1.54) is 0 Å². The van der Waals surface area contributed by atoms with E-state index < -0.39 is 0 Å². The van der Waals surface area contributed by atoms with E-state index in [-0.39, 0.29) is 18.0 Å². The fourth-order valence-corrected chi connectivity index (χ4v) is 1.53. The first-order valence-electron chi connectivity index (χ1n) is 4.44. The molecule has 0 saturated carbocycles. The molecule has 0 spiro atoms. The molecular formula is C9H16O2. The molecule has 1 rings (SSSR count). The highest BCUT2D eigenvalue weighted by Crippen LogP contribution is 2.25. The lowest BCUT2D eigenvalue weighted by atomic mass is 9.99. The van der Waals surface area contributed by atoms with Gasteiger partial charge in [-0.25, -0.2) is 0 Å². The first kappa shape index (κ1) is 8.57. The standard InChI is InChI=1S/C9H16O2/c1-3-4-5-8-6-7(2)11-9(8)10/h7-8H,3-6H2,1-2H3/t7?,8-/m1/s1. The number of rotatable bonds is 3. The van der Waals surface area contributed by atoms with Gasteiger partial charge in [-0.05, 0) is 19.8 Å². The summed E-state index contributed by atoms with van der Waals surface area (Å²) in [5, 5.41) is 0. The fraction of sp³-hybridized carbons (Fsp3) is 0.889. The second kappa shape index (κ2) is 3.74. The van der Waals surface area contributed by atoms with Crippen molar-refractivity contribution in [3.05, 3.63) is 0 Å². The number of carbonyl (C=O) groups excluding carboxylic acids is 1. The third-order valence-corrected chi connectivity index (χ3v) is 2.17. The highest BCUT2D eigenvalue weighted by molar-refractivity contribution is 5.74. The molecule has 2 nitrogen and oxygen atoms in total. The molecule has 1 heterocycles. The van der Waals surface area contributed by atoms with Crippen molar-refractivity contribution in [3.8, 4) is 0 Å². The van der Waals surface area contributed by atoms with Gasteiger partial charge in [0.1, 0.15) is 0 Å². The Morgan fingerprint density at radius 2 is 2.36 bits per heavy atom. The summed E-state index contributed by atoms with van der Waals surface area (Å²) in [4.78, 5) is 11.1. The topological polar surface area (TPSA) is 26.3 Å². The molecule has 0 radical (unpaired) electrons. The second-order valence-electron chi connectivity index (χ2n) is 3.32. The highest BCUT2D eigenvalue weighted by Gasteiger charge is 2.30. The van der Waals surface area contributed by atoms with E-state index in [1.54, 1.807) is 0 Å². The molecule has 2 atom stereocenters. The molecule has 1 fully saturated rings. The summed E-state index contributed by atoms with van der Waals surface area (Å²) in [6.07, 6.45) is 4.41. The van der Waals surface area contributed by atoms with Crippen LogP contribution >= 0.6 is 0 Å². The molecular weight excluding hydrogens is 140 g/mol. The molecule has 1 aliphatic heterocycles. The Bertz CT molecular complexity index is 142. The van der Waals surface area contributed by atoms with Crippen molar-refractivity contribution in [3.63, 3.8) is 0 Å². The number of hydrogen-bond donors (Lipinski definition) is 0. The highest BCUT2D eigenvalue weighted by atomic mass is 16.5. The average Bonchev–Trinajstić information content (AvgIpc) is 2.26. The molecule has 0 aliphatic carbocycles. The zero-order valence-electron chi connectivity index (χ0n) is 7.30. The van der Waals surface area contributed by atoms with E-state index in [1.807, 2.05) is 6.92 Å². The predicted molar refractivity (Wildman–Crippen MR) is 43.2 cm³/mol. The van der Waals surface area contributed by atoms with Crippen LogP contribution in [-0.4, -0.2) is 12.1 Å². The zero-order valence-corrected chi connectivity index (χ0v) is 7.30. The molecule has 0 aromatic heterocycles. The van der Waals surface area contributed by atoms with E-state index >= 15 is 0 Å². The zero-order chi connectivity index (χ0) is 8.27. The van der Waals surface area contributed by atoms with Crippen LogP contribution in [0.15, 0.2) is 0 Å². The van der Waals surface area contributed by atoms with E-state index in [9.17, 15) is 4.79 Å². The minimum atomic E-state index is 0.0194.